The fourth-order valence-corrected chi connectivity index (χ4v) is 4.93. The van der Waals surface area contributed by atoms with Gasteiger partial charge in [-0.3, -0.25) is 9.69 Å². The Morgan fingerprint density at radius 2 is 1.87 bits per heavy atom. The van der Waals surface area contributed by atoms with E-state index in [2.05, 4.69) is 4.90 Å². The van der Waals surface area contributed by atoms with Gasteiger partial charge in [0.1, 0.15) is 29.6 Å². The quantitative estimate of drug-likeness (QED) is 0.595. The Morgan fingerprint density at radius 1 is 1.07 bits per heavy atom. The lowest BCUT2D eigenvalue weighted by Gasteiger charge is -2.37. The lowest BCUT2D eigenvalue weighted by atomic mass is 9.93. The van der Waals surface area contributed by atoms with E-state index in [1.165, 1.54) is 32.1 Å². The van der Waals surface area contributed by atoms with Crippen molar-refractivity contribution in [2.45, 2.75) is 51.6 Å². The maximum Gasteiger partial charge on any atom is 0.200 e. The van der Waals surface area contributed by atoms with Gasteiger partial charge >= 0.3 is 0 Å². The Balaban J connectivity index is 1.62. The molecule has 0 bridgehead atoms. The molecule has 1 saturated carbocycles. The molecule has 1 aliphatic heterocycles. The van der Waals surface area contributed by atoms with Gasteiger partial charge in [-0.2, -0.15) is 0 Å². The molecule has 0 N–H and O–H groups in total. The van der Waals surface area contributed by atoms with Gasteiger partial charge < -0.3 is 13.9 Å². The SMILES string of the molecule is COc1ccccc1-c1c(C)oc2c3c(ccc2c1=O)OCN(C1CCCCC1)C3. The molecule has 3 aromatic rings. The van der Waals surface area contributed by atoms with E-state index in [4.69, 9.17) is 13.9 Å². The molecule has 1 fully saturated rings. The predicted octanol–water partition coefficient (Wildman–Crippen LogP) is 5.26. The third-order valence-corrected chi connectivity index (χ3v) is 6.51. The van der Waals surface area contributed by atoms with E-state index in [1.54, 1.807) is 7.11 Å². The van der Waals surface area contributed by atoms with Crippen LogP contribution in [0.3, 0.4) is 0 Å². The predicted molar refractivity (Wildman–Crippen MR) is 117 cm³/mol. The van der Waals surface area contributed by atoms with Gasteiger partial charge in [0.15, 0.2) is 0 Å². The van der Waals surface area contributed by atoms with E-state index < -0.39 is 0 Å². The number of hydrogen-bond donors (Lipinski definition) is 0. The van der Waals surface area contributed by atoms with Crippen molar-refractivity contribution in [2.24, 2.45) is 0 Å². The molecular formula is C25H27NO4. The van der Waals surface area contributed by atoms with Crippen LogP contribution in [-0.2, 0) is 6.54 Å². The van der Waals surface area contributed by atoms with Crippen LogP contribution in [0.4, 0.5) is 0 Å². The molecule has 0 atom stereocenters. The second-order valence-corrected chi connectivity index (χ2v) is 8.29. The molecule has 30 heavy (non-hydrogen) atoms. The number of aryl methyl sites for hydroxylation is 1. The summed E-state index contributed by atoms with van der Waals surface area (Å²) < 4.78 is 17.9. The topological polar surface area (TPSA) is 51.9 Å². The van der Waals surface area contributed by atoms with E-state index in [-0.39, 0.29) is 5.43 Å². The molecule has 0 unspecified atom stereocenters. The van der Waals surface area contributed by atoms with E-state index in [0.717, 1.165) is 23.4 Å². The molecule has 0 saturated heterocycles. The van der Waals surface area contributed by atoms with Gasteiger partial charge in [-0.25, -0.2) is 0 Å². The second-order valence-electron chi connectivity index (χ2n) is 8.29. The molecule has 2 aromatic carbocycles. The van der Waals surface area contributed by atoms with Crippen molar-refractivity contribution in [1.29, 1.82) is 0 Å². The highest BCUT2D eigenvalue weighted by molar-refractivity contribution is 5.87. The van der Waals surface area contributed by atoms with Crippen molar-refractivity contribution >= 4 is 11.0 Å². The van der Waals surface area contributed by atoms with Gasteiger partial charge in [0.05, 0.1) is 23.6 Å². The summed E-state index contributed by atoms with van der Waals surface area (Å²) >= 11 is 0. The third kappa shape index (κ3) is 3.18. The van der Waals surface area contributed by atoms with Gasteiger partial charge in [-0.1, -0.05) is 37.5 Å². The van der Waals surface area contributed by atoms with Crippen molar-refractivity contribution in [2.75, 3.05) is 13.8 Å². The third-order valence-electron chi connectivity index (χ3n) is 6.51. The van der Waals surface area contributed by atoms with Crippen LogP contribution in [0.5, 0.6) is 11.5 Å². The van der Waals surface area contributed by atoms with Crippen molar-refractivity contribution < 1.29 is 13.9 Å². The fraction of sp³-hybridized carbons (Fsp3) is 0.400. The summed E-state index contributed by atoms with van der Waals surface area (Å²) in [6.45, 7) is 3.21. The van der Waals surface area contributed by atoms with Crippen LogP contribution in [-0.4, -0.2) is 24.8 Å². The molecule has 0 spiro atoms. The zero-order valence-electron chi connectivity index (χ0n) is 17.6. The average Bonchev–Trinajstić information content (AvgIpc) is 2.79. The van der Waals surface area contributed by atoms with Crippen LogP contribution in [0.2, 0.25) is 0 Å². The van der Waals surface area contributed by atoms with E-state index in [1.807, 2.05) is 43.3 Å². The molecule has 0 amide bonds. The van der Waals surface area contributed by atoms with Crippen molar-refractivity contribution in [3.8, 4) is 22.6 Å². The average molecular weight is 405 g/mol. The molecule has 2 aliphatic rings. The Kier molecular flexibility index (Phi) is 4.99. The summed E-state index contributed by atoms with van der Waals surface area (Å²) in [4.78, 5) is 15.9. The number of hydrogen-bond acceptors (Lipinski definition) is 5. The number of ether oxygens (including phenoxy) is 2. The lowest BCUT2D eigenvalue weighted by Crippen LogP contribution is -2.41. The first kappa shape index (κ1) is 19.2. The van der Waals surface area contributed by atoms with Gasteiger partial charge in [-0.05, 0) is 38.0 Å². The number of nitrogens with zero attached hydrogens (tertiary/aromatic N) is 1. The molecule has 5 heteroatoms. The normalized spacial score (nSPS) is 17.5. The highest BCUT2D eigenvalue weighted by Gasteiger charge is 2.29. The van der Waals surface area contributed by atoms with E-state index in [9.17, 15) is 4.79 Å². The molecule has 2 heterocycles. The lowest BCUT2D eigenvalue weighted by molar-refractivity contribution is 0.0406. The van der Waals surface area contributed by atoms with Gasteiger partial charge in [-0.15, -0.1) is 0 Å². The molecule has 1 aromatic heterocycles. The summed E-state index contributed by atoms with van der Waals surface area (Å²) in [5.41, 5.74) is 2.91. The minimum Gasteiger partial charge on any atom is -0.496 e. The monoisotopic (exact) mass is 405 g/mol. The van der Waals surface area contributed by atoms with Crippen LogP contribution in [0.15, 0.2) is 45.6 Å². The zero-order valence-corrected chi connectivity index (χ0v) is 17.6. The van der Waals surface area contributed by atoms with Crippen LogP contribution in [0, 0.1) is 6.92 Å². The van der Waals surface area contributed by atoms with Crippen molar-refractivity contribution in [1.82, 2.24) is 4.90 Å². The van der Waals surface area contributed by atoms with Crippen LogP contribution < -0.4 is 14.9 Å². The standard InChI is InChI=1S/C25H27NO4/c1-16-23(18-10-6-7-11-21(18)28-2)24(27)19-12-13-22-20(25(19)30-16)14-26(15-29-22)17-8-4-3-5-9-17/h6-7,10-13,17H,3-5,8-9,14-15H2,1-2H3. The highest BCUT2D eigenvalue weighted by atomic mass is 16.5. The first-order valence-corrected chi connectivity index (χ1v) is 10.8. The van der Waals surface area contributed by atoms with Gasteiger partial charge in [0.25, 0.3) is 0 Å². The maximum absolute atomic E-state index is 13.5. The molecule has 5 rings (SSSR count). The summed E-state index contributed by atoms with van der Waals surface area (Å²) in [5.74, 6) is 2.08. The molecular weight excluding hydrogens is 378 g/mol. The Bertz CT molecular complexity index is 1140. The highest BCUT2D eigenvalue weighted by Crippen LogP contribution is 2.37. The summed E-state index contributed by atoms with van der Waals surface area (Å²) in [6.07, 6.45) is 6.30. The minimum atomic E-state index is -0.0316. The number of rotatable bonds is 3. The number of fused-ring (bicyclic) bond motifs is 3. The maximum atomic E-state index is 13.5. The van der Waals surface area contributed by atoms with Crippen LogP contribution >= 0.6 is 0 Å². The van der Waals surface area contributed by atoms with Crippen LogP contribution in [0.25, 0.3) is 22.1 Å². The van der Waals surface area contributed by atoms with Crippen molar-refractivity contribution in [3.05, 3.63) is 57.9 Å². The largest absolute Gasteiger partial charge is 0.496 e. The molecule has 156 valence electrons. The summed E-state index contributed by atoms with van der Waals surface area (Å²) in [7, 11) is 1.62. The smallest absolute Gasteiger partial charge is 0.200 e. The number of para-hydroxylation sites is 1. The molecule has 5 nitrogen and oxygen atoms in total. The minimum absolute atomic E-state index is 0.0316. The van der Waals surface area contributed by atoms with E-state index >= 15 is 0 Å². The fourth-order valence-electron chi connectivity index (χ4n) is 4.93. The Hall–Kier alpha value is -2.79. The zero-order chi connectivity index (χ0) is 20.7. The van der Waals surface area contributed by atoms with E-state index in [0.29, 0.717) is 40.8 Å². The number of methoxy groups -OCH3 is 1. The van der Waals surface area contributed by atoms with Gasteiger partial charge in [0, 0.05) is 18.2 Å². The van der Waals surface area contributed by atoms with Crippen molar-refractivity contribution in [3.63, 3.8) is 0 Å². The molecule has 1 aliphatic carbocycles. The Morgan fingerprint density at radius 3 is 2.67 bits per heavy atom. The first-order chi connectivity index (χ1) is 14.7. The second kappa shape index (κ2) is 7.80. The summed E-state index contributed by atoms with van der Waals surface area (Å²) in [6, 6.07) is 11.8. The Labute approximate surface area is 176 Å². The van der Waals surface area contributed by atoms with Crippen LogP contribution in [0.1, 0.15) is 43.4 Å². The number of benzene rings is 2. The molecule has 0 radical (unpaired) electrons. The van der Waals surface area contributed by atoms with Gasteiger partial charge in [0.2, 0.25) is 5.43 Å². The summed E-state index contributed by atoms with van der Waals surface area (Å²) in [5, 5.41) is 0.592. The first-order valence-electron chi connectivity index (χ1n) is 10.8.